The standard InChI is InChI=1S/C20H15FN2O3S/c21-15-5-1-14(2-6-15)20(24)22-11-9-18-17(10-12-27-18)19(22)13-3-7-16(8-4-13)23(25)26/h1-8,10,12,19H,9,11H2. The van der Waals surface area contributed by atoms with E-state index in [9.17, 15) is 19.3 Å². The quantitative estimate of drug-likeness (QED) is 0.492. The van der Waals surface area contributed by atoms with Crippen molar-refractivity contribution in [3.8, 4) is 0 Å². The van der Waals surface area contributed by atoms with Crippen LogP contribution in [-0.2, 0) is 6.42 Å². The molecule has 1 aliphatic heterocycles. The topological polar surface area (TPSA) is 63.5 Å². The fraction of sp³-hybridized carbons (Fsp3) is 0.150. The van der Waals surface area contributed by atoms with Crippen LogP contribution >= 0.6 is 11.3 Å². The van der Waals surface area contributed by atoms with Crippen LogP contribution in [0.1, 0.15) is 32.4 Å². The molecule has 0 aliphatic carbocycles. The molecule has 0 saturated heterocycles. The monoisotopic (exact) mass is 382 g/mol. The number of halogens is 1. The maximum absolute atomic E-state index is 13.2. The van der Waals surface area contributed by atoms with E-state index in [4.69, 9.17) is 0 Å². The summed E-state index contributed by atoms with van der Waals surface area (Å²) >= 11 is 1.65. The summed E-state index contributed by atoms with van der Waals surface area (Å²) in [5.74, 6) is -0.576. The SMILES string of the molecule is O=C(c1ccc(F)cc1)N1CCc2sccc2C1c1ccc([N+](=O)[O-])cc1. The second kappa shape index (κ2) is 6.92. The molecule has 0 N–H and O–H groups in total. The number of amides is 1. The van der Waals surface area contributed by atoms with Gasteiger partial charge in [-0.1, -0.05) is 0 Å². The summed E-state index contributed by atoms with van der Waals surface area (Å²) in [5.41, 5.74) is 2.28. The van der Waals surface area contributed by atoms with Gasteiger partial charge in [-0.05, 0) is 65.4 Å². The summed E-state index contributed by atoms with van der Waals surface area (Å²) in [5, 5.41) is 12.9. The third-order valence-electron chi connectivity index (χ3n) is 4.74. The summed E-state index contributed by atoms with van der Waals surface area (Å²) in [4.78, 5) is 26.6. The van der Waals surface area contributed by atoms with Crippen molar-refractivity contribution in [1.82, 2.24) is 4.90 Å². The Labute approximate surface area is 158 Å². The molecule has 1 amide bonds. The van der Waals surface area contributed by atoms with Crippen molar-refractivity contribution in [3.63, 3.8) is 0 Å². The lowest BCUT2D eigenvalue weighted by Gasteiger charge is -2.36. The summed E-state index contributed by atoms with van der Waals surface area (Å²) < 4.78 is 13.2. The lowest BCUT2D eigenvalue weighted by atomic mass is 9.92. The zero-order chi connectivity index (χ0) is 19.0. The van der Waals surface area contributed by atoms with Crippen LogP contribution < -0.4 is 0 Å². The van der Waals surface area contributed by atoms with Gasteiger partial charge in [0.15, 0.2) is 0 Å². The van der Waals surface area contributed by atoms with Crippen molar-refractivity contribution in [2.45, 2.75) is 12.5 Å². The molecular weight excluding hydrogens is 367 g/mol. The number of nitro benzene ring substituents is 1. The molecule has 3 aromatic rings. The Hall–Kier alpha value is -3.06. The summed E-state index contributed by atoms with van der Waals surface area (Å²) in [7, 11) is 0. The zero-order valence-corrected chi connectivity index (χ0v) is 15.0. The number of non-ortho nitro benzene ring substituents is 1. The Kier molecular flexibility index (Phi) is 4.45. The second-order valence-corrected chi connectivity index (χ2v) is 7.31. The average Bonchev–Trinajstić information content (AvgIpc) is 3.16. The Balaban J connectivity index is 1.75. The molecule has 1 unspecified atom stereocenters. The van der Waals surface area contributed by atoms with E-state index in [-0.39, 0.29) is 17.6 Å². The number of nitrogens with zero attached hydrogens (tertiary/aromatic N) is 2. The van der Waals surface area contributed by atoms with Crippen molar-refractivity contribution in [3.05, 3.63) is 97.5 Å². The van der Waals surface area contributed by atoms with Crippen LogP contribution in [0, 0.1) is 15.9 Å². The molecule has 0 bridgehead atoms. The number of carbonyl (C=O) groups excluding carboxylic acids is 1. The number of nitro groups is 1. The number of hydrogen-bond acceptors (Lipinski definition) is 4. The van der Waals surface area contributed by atoms with E-state index in [1.165, 1.54) is 41.3 Å². The Morgan fingerprint density at radius 2 is 1.81 bits per heavy atom. The zero-order valence-electron chi connectivity index (χ0n) is 14.2. The lowest BCUT2D eigenvalue weighted by molar-refractivity contribution is -0.384. The summed E-state index contributed by atoms with van der Waals surface area (Å²) in [6.07, 6.45) is 0.753. The van der Waals surface area contributed by atoms with E-state index in [0.717, 1.165) is 17.5 Å². The van der Waals surface area contributed by atoms with Crippen LogP contribution in [0.4, 0.5) is 10.1 Å². The number of hydrogen-bond donors (Lipinski definition) is 0. The first-order chi connectivity index (χ1) is 13.0. The Morgan fingerprint density at radius 3 is 2.48 bits per heavy atom. The molecule has 0 fully saturated rings. The molecule has 1 aliphatic rings. The van der Waals surface area contributed by atoms with E-state index < -0.39 is 10.7 Å². The van der Waals surface area contributed by atoms with Crippen molar-refractivity contribution in [2.75, 3.05) is 6.54 Å². The van der Waals surface area contributed by atoms with E-state index >= 15 is 0 Å². The number of rotatable bonds is 3. The minimum absolute atomic E-state index is 0.0107. The lowest BCUT2D eigenvalue weighted by Crippen LogP contribution is -2.40. The molecular formula is C20H15FN2O3S. The van der Waals surface area contributed by atoms with Crippen LogP contribution in [0.2, 0.25) is 0 Å². The number of thiophene rings is 1. The molecule has 1 atom stereocenters. The maximum atomic E-state index is 13.2. The van der Waals surface area contributed by atoms with Gasteiger partial charge in [0, 0.05) is 29.1 Å². The van der Waals surface area contributed by atoms with Gasteiger partial charge in [-0.3, -0.25) is 14.9 Å². The van der Waals surface area contributed by atoms with Gasteiger partial charge in [0.25, 0.3) is 11.6 Å². The van der Waals surface area contributed by atoms with Crippen LogP contribution in [0.25, 0.3) is 0 Å². The van der Waals surface area contributed by atoms with Gasteiger partial charge in [-0.25, -0.2) is 4.39 Å². The van der Waals surface area contributed by atoms with Crippen molar-refractivity contribution in [2.24, 2.45) is 0 Å². The number of carbonyl (C=O) groups is 1. The highest BCUT2D eigenvalue weighted by Gasteiger charge is 2.33. The third-order valence-corrected chi connectivity index (χ3v) is 5.73. The van der Waals surface area contributed by atoms with Gasteiger partial charge >= 0.3 is 0 Å². The predicted molar refractivity (Wildman–Crippen MR) is 100 cm³/mol. The molecule has 7 heteroatoms. The largest absolute Gasteiger partial charge is 0.327 e. The van der Waals surface area contributed by atoms with E-state index in [0.29, 0.717) is 12.1 Å². The molecule has 27 heavy (non-hydrogen) atoms. The second-order valence-electron chi connectivity index (χ2n) is 6.31. The highest BCUT2D eigenvalue weighted by atomic mass is 32.1. The van der Waals surface area contributed by atoms with Crippen molar-refractivity contribution < 1.29 is 14.1 Å². The fourth-order valence-corrected chi connectivity index (χ4v) is 4.34. The third kappa shape index (κ3) is 3.21. The first-order valence-electron chi connectivity index (χ1n) is 8.42. The molecule has 4 rings (SSSR count). The first-order valence-corrected chi connectivity index (χ1v) is 9.30. The molecule has 1 aromatic heterocycles. The Morgan fingerprint density at radius 1 is 1.11 bits per heavy atom. The van der Waals surface area contributed by atoms with Gasteiger partial charge in [0.05, 0.1) is 11.0 Å². The summed E-state index contributed by atoms with van der Waals surface area (Å²) in [6.45, 7) is 0.533. The highest BCUT2D eigenvalue weighted by Crippen LogP contribution is 2.38. The molecule has 0 spiro atoms. The maximum Gasteiger partial charge on any atom is 0.269 e. The van der Waals surface area contributed by atoms with Gasteiger partial charge in [0.1, 0.15) is 5.82 Å². The van der Waals surface area contributed by atoms with Crippen molar-refractivity contribution >= 4 is 22.9 Å². The summed E-state index contributed by atoms with van der Waals surface area (Å²) in [6, 6.07) is 13.5. The minimum atomic E-state index is -0.442. The number of fused-ring (bicyclic) bond motifs is 1. The average molecular weight is 382 g/mol. The fourth-order valence-electron chi connectivity index (χ4n) is 3.43. The number of benzene rings is 2. The normalized spacial score (nSPS) is 16.0. The molecule has 2 heterocycles. The minimum Gasteiger partial charge on any atom is -0.327 e. The van der Waals surface area contributed by atoms with Gasteiger partial charge in [0.2, 0.25) is 0 Å². The molecule has 0 saturated carbocycles. The first kappa shape index (κ1) is 17.4. The molecule has 136 valence electrons. The molecule has 5 nitrogen and oxygen atoms in total. The van der Waals surface area contributed by atoms with Crippen LogP contribution in [0.15, 0.2) is 60.0 Å². The van der Waals surface area contributed by atoms with Crippen LogP contribution in [-0.4, -0.2) is 22.3 Å². The Bertz CT molecular complexity index is 999. The van der Waals surface area contributed by atoms with Crippen molar-refractivity contribution in [1.29, 1.82) is 0 Å². The van der Waals surface area contributed by atoms with E-state index in [1.807, 2.05) is 11.4 Å². The van der Waals surface area contributed by atoms with E-state index in [1.54, 1.807) is 28.4 Å². The van der Waals surface area contributed by atoms with Crippen LogP contribution in [0.3, 0.4) is 0 Å². The van der Waals surface area contributed by atoms with Gasteiger partial charge < -0.3 is 4.90 Å². The molecule has 0 radical (unpaired) electrons. The van der Waals surface area contributed by atoms with Crippen LogP contribution in [0.5, 0.6) is 0 Å². The molecule has 2 aromatic carbocycles. The van der Waals surface area contributed by atoms with E-state index in [2.05, 4.69) is 0 Å². The predicted octanol–water partition coefficient (Wildman–Crippen LogP) is 4.58. The highest BCUT2D eigenvalue weighted by molar-refractivity contribution is 7.10. The van der Waals surface area contributed by atoms with Gasteiger partial charge in [-0.2, -0.15) is 0 Å². The van der Waals surface area contributed by atoms with Gasteiger partial charge in [-0.15, -0.1) is 11.3 Å². The smallest absolute Gasteiger partial charge is 0.269 e.